The standard InChI is InChI=1S/C12H16ClN3O3/c1-19-9(17)6-8-4-2-3-5-16(8)11-10(13)12(18)15-7-14-11/h7-8H,2-6H2,1H3,(H,14,15,18). The lowest BCUT2D eigenvalue weighted by molar-refractivity contribution is -0.141. The van der Waals surface area contributed by atoms with Gasteiger partial charge in [0.1, 0.15) is 5.02 Å². The minimum atomic E-state index is -0.367. The molecule has 1 unspecified atom stereocenters. The van der Waals surface area contributed by atoms with Gasteiger partial charge < -0.3 is 14.6 Å². The Labute approximate surface area is 115 Å². The molecule has 0 radical (unpaired) electrons. The zero-order valence-electron chi connectivity index (χ0n) is 10.7. The predicted molar refractivity (Wildman–Crippen MR) is 71.5 cm³/mol. The molecule has 6 nitrogen and oxygen atoms in total. The highest BCUT2D eigenvalue weighted by Crippen LogP contribution is 2.28. The number of nitrogens with one attached hydrogen (secondary N) is 1. The van der Waals surface area contributed by atoms with Crippen LogP contribution in [0.5, 0.6) is 0 Å². The summed E-state index contributed by atoms with van der Waals surface area (Å²) in [4.78, 5) is 31.5. The number of piperidine rings is 1. The molecule has 1 N–H and O–H groups in total. The summed E-state index contributed by atoms with van der Waals surface area (Å²) in [5, 5.41) is 0.0688. The van der Waals surface area contributed by atoms with Gasteiger partial charge in [0.15, 0.2) is 5.82 Å². The smallest absolute Gasteiger partial charge is 0.307 e. The van der Waals surface area contributed by atoms with Gasteiger partial charge in [-0.05, 0) is 19.3 Å². The topological polar surface area (TPSA) is 75.3 Å². The molecular formula is C12H16ClN3O3. The summed E-state index contributed by atoms with van der Waals surface area (Å²) in [5.74, 6) is 0.178. The molecule has 1 aromatic heterocycles. The van der Waals surface area contributed by atoms with Crippen LogP contribution in [-0.4, -0.2) is 35.6 Å². The number of halogens is 1. The van der Waals surface area contributed by atoms with Crippen molar-refractivity contribution in [2.24, 2.45) is 0 Å². The number of nitrogens with zero attached hydrogens (tertiary/aromatic N) is 2. The Bertz CT molecular complexity index is 517. The zero-order valence-corrected chi connectivity index (χ0v) is 11.4. The van der Waals surface area contributed by atoms with Crippen molar-refractivity contribution in [3.05, 3.63) is 21.7 Å². The number of carbonyl (C=O) groups is 1. The van der Waals surface area contributed by atoms with Gasteiger partial charge in [0.25, 0.3) is 5.56 Å². The van der Waals surface area contributed by atoms with Crippen LogP contribution in [0.2, 0.25) is 5.02 Å². The predicted octanol–water partition coefficient (Wildman–Crippen LogP) is 1.35. The molecule has 0 aromatic carbocycles. The molecule has 1 atom stereocenters. The van der Waals surface area contributed by atoms with E-state index in [0.29, 0.717) is 5.82 Å². The Morgan fingerprint density at radius 3 is 3.16 bits per heavy atom. The highest BCUT2D eigenvalue weighted by Gasteiger charge is 2.28. The van der Waals surface area contributed by atoms with E-state index in [9.17, 15) is 9.59 Å². The highest BCUT2D eigenvalue weighted by atomic mass is 35.5. The van der Waals surface area contributed by atoms with E-state index in [4.69, 9.17) is 16.3 Å². The number of carbonyl (C=O) groups excluding carboxylic acids is 1. The van der Waals surface area contributed by atoms with Crippen LogP contribution in [-0.2, 0) is 9.53 Å². The summed E-state index contributed by atoms with van der Waals surface area (Å²) < 4.78 is 4.70. The maximum Gasteiger partial charge on any atom is 0.307 e. The van der Waals surface area contributed by atoms with Gasteiger partial charge in [0, 0.05) is 12.6 Å². The fraction of sp³-hybridized carbons (Fsp3) is 0.583. The number of aromatic nitrogens is 2. The number of aromatic amines is 1. The molecule has 1 saturated heterocycles. The molecule has 0 bridgehead atoms. The molecule has 2 rings (SSSR count). The Kier molecular flexibility index (Phi) is 4.42. The van der Waals surface area contributed by atoms with Crippen molar-refractivity contribution in [3.8, 4) is 0 Å². The van der Waals surface area contributed by atoms with E-state index in [1.54, 1.807) is 0 Å². The molecule has 0 aliphatic carbocycles. The summed E-state index contributed by atoms with van der Waals surface area (Å²) in [6.45, 7) is 0.734. The van der Waals surface area contributed by atoms with Crippen LogP contribution in [0, 0.1) is 0 Å². The van der Waals surface area contributed by atoms with Crippen molar-refractivity contribution in [1.29, 1.82) is 0 Å². The monoisotopic (exact) mass is 285 g/mol. The SMILES string of the molecule is COC(=O)CC1CCCCN1c1nc[nH]c(=O)c1Cl. The Hall–Kier alpha value is -1.56. The second-order valence-electron chi connectivity index (χ2n) is 4.49. The third kappa shape index (κ3) is 3.07. The minimum absolute atomic E-state index is 0.0204. The van der Waals surface area contributed by atoms with Crippen LogP contribution in [0.4, 0.5) is 5.82 Å². The molecule has 0 saturated carbocycles. The van der Waals surface area contributed by atoms with E-state index < -0.39 is 0 Å². The lowest BCUT2D eigenvalue weighted by Crippen LogP contribution is -2.42. The fourth-order valence-electron chi connectivity index (χ4n) is 2.34. The molecule has 19 heavy (non-hydrogen) atoms. The van der Waals surface area contributed by atoms with Crippen molar-refractivity contribution in [3.63, 3.8) is 0 Å². The molecule has 104 valence electrons. The quantitative estimate of drug-likeness (QED) is 0.849. The normalized spacial score (nSPS) is 19.3. The summed E-state index contributed by atoms with van der Waals surface area (Å²) >= 11 is 6.00. The zero-order chi connectivity index (χ0) is 13.8. The van der Waals surface area contributed by atoms with E-state index in [0.717, 1.165) is 25.8 Å². The molecular weight excluding hydrogens is 270 g/mol. The Morgan fingerprint density at radius 1 is 1.63 bits per heavy atom. The number of esters is 1. The summed E-state index contributed by atoms with van der Waals surface area (Å²) in [7, 11) is 1.37. The van der Waals surface area contributed by atoms with Gasteiger partial charge in [0.05, 0.1) is 19.9 Å². The average Bonchev–Trinajstić information content (AvgIpc) is 2.42. The number of rotatable bonds is 3. The lowest BCUT2D eigenvalue weighted by atomic mass is 9.99. The summed E-state index contributed by atoms with van der Waals surface area (Å²) in [6.07, 6.45) is 4.50. The average molecular weight is 286 g/mol. The Balaban J connectivity index is 2.26. The molecule has 1 aromatic rings. The second-order valence-corrected chi connectivity index (χ2v) is 4.87. The van der Waals surface area contributed by atoms with Crippen LogP contribution in [0.15, 0.2) is 11.1 Å². The number of ether oxygens (including phenoxy) is 1. The molecule has 0 spiro atoms. The van der Waals surface area contributed by atoms with Crippen molar-refractivity contribution >= 4 is 23.4 Å². The van der Waals surface area contributed by atoms with E-state index in [1.807, 2.05) is 4.90 Å². The molecule has 7 heteroatoms. The van der Waals surface area contributed by atoms with E-state index in [-0.39, 0.29) is 29.0 Å². The molecule has 0 amide bonds. The van der Waals surface area contributed by atoms with Crippen LogP contribution < -0.4 is 10.5 Å². The van der Waals surface area contributed by atoms with Gasteiger partial charge in [-0.3, -0.25) is 9.59 Å². The van der Waals surface area contributed by atoms with Gasteiger partial charge >= 0.3 is 5.97 Å². The first kappa shape index (κ1) is 13.9. The van der Waals surface area contributed by atoms with Gasteiger partial charge in [-0.25, -0.2) is 4.98 Å². The molecule has 1 aliphatic heterocycles. The molecule has 2 heterocycles. The summed E-state index contributed by atoms with van der Waals surface area (Å²) in [6, 6.07) is -0.0204. The van der Waals surface area contributed by atoms with E-state index in [1.165, 1.54) is 13.4 Å². The number of hydrogen-bond donors (Lipinski definition) is 1. The first-order chi connectivity index (χ1) is 9.13. The maximum atomic E-state index is 11.5. The van der Waals surface area contributed by atoms with Crippen molar-refractivity contribution in [2.75, 3.05) is 18.6 Å². The largest absolute Gasteiger partial charge is 0.469 e. The Morgan fingerprint density at radius 2 is 2.42 bits per heavy atom. The highest BCUT2D eigenvalue weighted by molar-refractivity contribution is 6.32. The first-order valence-electron chi connectivity index (χ1n) is 6.20. The van der Waals surface area contributed by atoms with Crippen molar-refractivity contribution in [1.82, 2.24) is 9.97 Å². The minimum Gasteiger partial charge on any atom is -0.469 e. The third-order valence-corrected chi connectivity index (χ3v) is 3.65. The molecule has 1 fully saturated rings. The van der Waals surface area contributed by atoms with Crippen LogP contribution in [0.25, 0.3) is 0 Å². The fourth-order valence-corrected chi connectivity index (χ4v) is 2.55. The van der Waals surface area contributed by atoms with E-state index >= 15 is 0 Å². The van der Waals surface area contributed by atoms with Gasteiger partial charge in [-0.2, -0.15) is 0 Å². The number of H-pyrrole nitrogens is 1. The maximum absolute atomic E-state index is 11.5. The summed E-state index contributed by atoms with van der Waals surface area (Å²) in [5.41, 5.74) is -0.367. The van der Waals surface area contributed by atoms with Crippen LogP contribution in [0.3, 0.4) is 0 Å². The van der Waals surface area contributed by atoms with Gasteiger partial charge in [-0.15, -0.1) is 0 Å². The third-order valence-electron chi connectivity index (χ3n) is 3.31. The first-order valence-corrected chi connectivity index (χ1v) is 6.58. The van der Waals surface area contributed by atoms with Crippen molar-refractivity contribution in [2.45, 2.75) is 31.7 Å². The second kappa shape index (κ2) is 6.06. The number of hydrogen-bond acceptors (Lipinski definition) is 5. The van der Waals surface area contributed by atoms with Gasteiger partial charge in [0.2, 0.25) is 0 Å². The lowest BCUT2D eigenvalue weighted by Gasteiger charge is -2.36. The molecule has 1 aliphatic rings. The van der Waals surface area contributed by atoms with Crippen molar-refractivity contribution < 1.29 is 9.53 Å². The van der Waals surface area contributed by atoms with E-state index in [2.05, 4.69) is 9.97 Å². The number of methoxy groups -OCH3 is 1. The van der Waals surface area contributed by atoms with Crippen LogP contribution >= 0.6 is 11.6 Å². The van der Waals surface area contributed by atoms with Gasteiger partial charge in [-0.1, -0.05) is 11.6 Å². The number of anilines is 1. The van der Waals surface area contributed by atoms with Crippen LogP contribution in [0.1, 0.15) is 25.7 Å².